The molecule has 21 heavy (non-hydrogen) atoms. The fourth-order valence-electron chi connectivity index (χ4n) is 3.09. The summed E-state index contributed by atoms with van der Waals surface area (Å²) in [4.78, 5) is 0. The van der Waals surface area contributed by atoms with Crippen LogP contribution in [0.3, 0.4) is 0 Å². The van der Waals surface area contributed by atoms with Crippen LogP contribution < -0.4 is 5.32 Å². The number of nitrogens with one attached hydrogen (secondary N) is 1. The molecule has 120 valence electrons. The van der Waals surface area contributed by atoms with Crippen LogP contribution in [-0.2, 0) is 16.4 Å². The van der Waals surface area contributed by atoms with Crippen molar-refractivity contribution in [2.45, 2.75) is 65.6 Å². The molecule has 0 radical (unpaired) electrons. The van der Waals surface area contributed by atoms with Crippen molar-refractivity contribution in [1.82, 2.24) is 15.1 Å². The van der Waals surface area contributed by atoms with Gasteiger partial charge in [-0.15, -0.1) is 0 Å². The molecule has 0 amide bonds. The summed E-state index contributed by atoms with van der Waals surface area (Å²) in [6.45, 7) is 9.24. The van der Waals surface area contributed by atoms with Gasteiger partial charge in [0.15, 0.2) is 9.84 Å². The van der Waals surface area contributed by atoms with Gasteiger partial charge in [-0.05, 0) is 33.6 Å². The van der Waals surface area contributed by atoms with E-state index in [2.05, 4.69) is 24.3 Å². The Morgan fingerprint density at radius 1 is 1.43 bits per heavy atom. The Morgan fingerprint density at radius 3 is 2.71 bits per heavy atom. The van der Waals surface area contributed by atoms with E-state index in [4.69, 9.17) is 0 Å². The number of nitrogens with zero attached hydrogens (tertiary/aromatic N) is 2. The summed E-state index contributed by atoms with van der Waals surface area (Å²) in [5.41, 5.74) is 3.32. The van der Waals surface area contributed by atoms with E-state index in [1.165, 1.54) is 12.0 Å². The summed E-state index contributed by atoms with van der Waals surface area (Å²) in [5, 5.41) is 8.12. The Hall–Kier alpha value is -0.880. The summed E-state index contributed by atoms with van der Waals surface area (Å²) < 4.78 is 25.2. The second kappa shape index (κ2) is 6.48. The molecule has 1 aliphatic heterocycles. The van der Waals surface area contributed by atoms with E-state index in [1.54, 1.807) is 0 Å². The van der Waals surface area contributed by atoms with Crippen LogP contribution in [0, 0.1) is 13.8 Å². The third-order valence-corrected chi connectivity index (χ3v) is 6.13. The van der Waals surface area contributed by atoms with Crippen molar-refractivity contribution in [2.75, 3.05) is 11.5 Å². The maximum atomic E-state index is 11.7. The largest absolute Gasteiger partial charge is 0.310 e. The lowest BCUT2D eigenvalue weighted by atomic mass is 10.1. The lowest BCUT2D eigenvalue weighted by molar-refractivity contribution is 0.482. The van der Waals surface area contributed by atoms with Crippen LogP contribution in [0.2, 0.25) is 0 Å². The standard InChI is InChI=1S/C15H27N3O2S/c1-5-6-11(2)16-9-15-12(3)17-18(13(15)4)14-7-8-21(19,20)10-14/h11,14,16H,5-10H2,1-4H3. The number of hydrogen-bond donors (Lipinski definition) is 1. The van der Waals surface area contributed by atoms with E-state index >= 15 is 0 Å². The first kappa shape index (κ1) is 16.5. The molecule has 1 fully saturated rings. The second-order valence-corrected chi connectivity index (χ2v) is 8.45. The summed E-state index contributed by atoms with van der Waals surface area (Å²) in [5.74, 6) is 0.519. The highest BCUT2D eigenvalue weighted by molar-refractivity contribution is 7.91. The van der Waals surface area contributed by atoms with E-state index in [0.717, 1.165) is 24.4 Å². The third kappa shape index (κ3) is 3.86. The molecule has 2 heterocycles. The molecule has 0 bridgehead atoms. The molecule has 1 aliphatic rings. The molecule has 1 aromatic rings. The molecule has 1 aromatic heterocycles. The second-order valence-electron chi connectivity index (χ2n) is 6.22. The zero-order valence-corrected chi connectivity index (χ0v) is 14.3. The zero-order valence-electron chi connectivity index (χ0n) is 13.5. The van der Waals surface area contributed by atoms with Gasteiger partial charge < -0.3 is 5.32 Å². The van der Waals surface area contributed by atoms with Gasteiger partial charge in [0.1, 0.15) is 0 Å². The van der Waals surface area contributed by atoms with Gasteiger partial charge >= 0.3 is 0 Å². The Labute approximate surface area is 128 Å². The van der Waals surface area contributed by atoms with Crippen LogP contribution in [0.4, 0.5) is 0 Å². The predicted molar refractivity (Wildman–Crippen MR) is 85.2 cm³/mol. The minimum Gasteiger partial charge on any atom is -0.310 e. The fraction of sp³-hybridized carbons (Fsp3) is 0.800. The fourth-order valence-corrected chi connectivity index (χ4v) is 4.78. The number of sulfone groups is 1. The Kier molecular flexibility index (Phi) is 5.09. The van der Waals surface area contributed by atoms with E-state index in [9.17, 15) is 8.42 Å². The van der Waals surface area contributed by atoms with E-state index in [0.29, 0.717) is 12.5 Å². The highest BCUT2D eigenvalue weighted by Crippen LogP contribution is 2.26. The zero-order chi connectivity index (χ0) is 15.6. The van der Waals surface area contributed by atoms with Gasteiger partial charge in [0, 0.05) is 23.8 Å². The molecule has 0 saturated carbocycles. The monoisotopic (exact) mass is 313 g/mol. The summed E-state index contributed by atoms with van der Waals surface area (Å²) in [6.07, 6.45) is 3.02. The first-order valence-corrected chi connectivity index (χ1v) is 9.64. The molecule has 6 heteroatoms. The molecule has 0 aromatic carbocycles. The first-order valence-electron chi connectivity index (χ1n) is 7.82. The van der Waals surface area contributed by atoms with Crippen molar-refractivity contribution in [2.24, 2.45) is 0 Å². The van der Waals surface area contributed by atoms with Crippen LogP contribution in [0.1, 0.15) is 56.1 Å². The maximum absolute atomic E-state index is 11.7. The lowest BCUT2D eigenvalue weighted by Gasteiger charge is -2.14. The molecular formula is C15H27N3O2S. The van der Waals surface area contributed by atoms with Crippen LogP contribution in [0.25, 0.3) is 0 Å². The quantitative estimate of drug-likeness (QED) is 0.874. The van der Waals surface area contributed by atoms with Gasteiger partial charge in [-0.2, -0.15) is 5.10 Å². The maximum Gasteiger partial charge on any atom is 0.152 e. The number of rotatable bonds is 6. The van der Waals surface area contributed by atoms with Crippen LogP contribution in [-0.4, -0.2) is 35.7 Å². The number of aryl methyl sites for hydroxylation is 1. The van der Waals surface area contributed by atoms with Crippen molar-refractivity contribution >= 4 is 9.84 Å². The van der Waals surface area contributed by atoms with Gasteiger partial charge in [0.25, 0.3) is 0 Å². The summed E-state index contributed by atoms with van der Waals surface area (Å²) >= 11 is 0. The van der Waals surface area contributed by atoms with Gasteiger partial charge in [-0.1, -0.05) is 13.3 Å². The van der Waals surface area contributed by atoms with Gasteiger partial charge in [-0.3, -0.25) is 4.68 Å². The Morgan fingerprint density at radius 2 is 2.14 bits per heavy atom. The third-order valence-electron chi connectivity index (χ3n) is 4.38. The van der Waals surface area contributed by atoms with Crippen molar-refractivity contribution in [1.29, 1.82) is 0 Å². The van der Waals surface area contributed by atoms with Crippen LogP contribution in [0.5, 0.6) is 0 Å². The minimum atomic E-state index is -2.87. The molecule has 2 rings (SSSR count). The van der Waals surface area contributed by atoms with Gasteiger partial charge in [0.2, 0.25) is 0 Å². The van der Waals surface area contributed by atoms with Gasteiger partial charge in [0.05, 0.1) is 23.2 Å². The van der Waals surface area contributed by atoms with Crippen molar-refractivity contribution < 1.29 is 8.42 Å². The normalized spacial score (nSPS) is 22.6. The lowest BCUT2D eigenvalue weighted by Crippen LogP contribution is -2.25. The van der Waals surface area contributed by atoms with Crippen molar-refractivity contribution in [3.63, 3.8) is 0 Å². The molecule has 0 aliphatic carbocycles. The predicted octanol–water partition coefficient (Wildman–Crippen LogP) is 2.14. The summed E-state index contributed by atoms with van der Waals surface area (Å²) in [7, 11) is -2.87. The molecule has 1 saturated heterocycles. The van der Waals surface area contributed by atoms with E-state index < -0.39 is 9.84 Å². The highest BCUT2D eigenvalue weighted by Gasteiger charge is 2.31. The van der Waals surface area contributed by atoms with Gasteiger partial charge in [-0.25, -0.2) is 8.42 Å². The van der Waals surface area contributed by atoms with Crippen molar-refractivity contribution in [3.05, 3.63) is 17.0 Å². The Bertz CT molecular complexity index is 592. The highest BCUT2D eigenvalue weighted by atomic mass is 32.2. The average molecular weight is 313 g/mol. The molecule has 2 atom stereocenters. The molecule has 0 spiro atoms. The topological polar surface area (TPSA) is 64.0 Å². The van der Waals surface area contributed by atoms with Crippen molar-refractivity contribution in [3.8, 4) is 0 Å². The van der Waals surface area contributed by atoms with E-state index in [1.807, 2.05) is 18.5 Å². The minimum absolute atomic E-state index is 0.00974. The molecule has 5 nitrogen and oxygen atoms in total. The van der Waals surface area contributed by atoms with Crippen LogP contribution in [0.15, 0.2) is 0 Å². The molecular weight excluding hydrogens is 286 g/mol. The molecule has 1 N–H and O–H groups in total. The first-order chi connectivity index (χ1) is 9.84. The number of hydrogen-bond acceptors (Lipinski definition) is 4. The Balaban J connectivity index is 2.11. The molecule has 2 unspecified atom stereocenters. The number of aromatic nitrogens is 2. The van der Waals surface area contributed by atoms with E-state index in [-0.39, 0.29) is 17.5 Å². The average Bonchev–Trinajstić information content (AvgIpc) is 2.88. The smallest absolute Gasteiger partial charge is 0.152 e. The van der Waals surface area contributed by atoms with Crippen LogP contribution >= 0.6 is 0 Å². The SMILES string of the molecule is CCCC(C)NCc1c(C)nn(C2CCS(=O)(=O)C2)c1C. The summed E-state index contributed by atoms with van der Waals surface area (Å²) in [6, 6.07) is 0.500.